The van der Waals surface area contributed by atoms with Crippen LogP contribution in [0.3, 0.4) is 0 Å². The first kappa shape index (κ1) is 11.3. The Labute approximate surface area is 96.9 Å². The molecule has 0 aliphatic carbocycles. The fourth-order valence-electron chi connectivity index (χ4n) is 1.30. The fraction of sp³-hybridized carbons (Fsp3) is 0.182. The molecule has 1 aromatic carbocycles. The van der Waals surface area contributed by atoms with Crippen LogP contribution < -0.4 is 0 Å². The lowest BCUT2D eigenvalue weighted by molar-refractivity contribution is -0.141. The number of carbonyl (C=O) groups excluding carboxylic acids is 1. The average Bonchev–Trinajstić information content (AvgIpc) is 2.78. The van der Waals surface area contributed by atoms with Crippen molar-refractivity contribution in [3.63, 3.8) is 0 Å². The SMILES string of the molecule is COC(=O)Cn1cnc(-c2ccc(F)cc2)n1. The maximum Gasteiger partial charge on any atom is 0.327 e. The lowest BCUT2D eigenvalue weighted by atomic mass is 10.2. The molecule has 0 bridgehead atoms. The Balaban J connectivity index is 2.18. The van der Waals surface area contributed by atoms with Gasteiger partial charge in [-0.15, -0.1) is 0 Å². The lowest BCUT2D eigenvalue weighted by Gasteiger charge is -1.97. The van der Waals surface area contributed by atoms with Gasteiger partial charge < -0.3 is 4.74 Å². The number of ether oxygens (including phenoxy) is 1. The number of benzene rings is 1. The number of hydrogen-bond acceptors (Lipinski definition) is 4. The van der Waals surface area contributed by atoms with Crippen LogP contribution in [0.5, 0.6) is 0 Å². The molecule has 0 amide bonds. The molecule has 0 saturated carbocycles. The number of hydrogen-bond donors (Lipinski definition) is 0. The van der Waals surface area contributed by atoms with Crippen LogP contribution in [0.4, 0.5) is 4.39 Å². The minimum atomic E-state index is -0.402. The topological polar surface area (TPSA) is 57.0 Å². The number of carbonyl (C=O) groups is 1. The lowest BCUT2D eigenvalue weighted by Crippen LogP contribution is -2.11. The predicted molar refractivity (Wildman–Crippen MR) is 57.4 cm³/mol. The van der Waals surface area contributed by atoms with E-state index >= 15 is 0 Å². The maximum atomic E-state index is 12.7. The summed E-state index contributed by atoms with van der Waals surface area (Å²) in [6.07, 6.45) is 1.43. The van der Waals surface area contributed by atoms with Crippen molar-refractivity contribution in [1.29, 1.82) is 0 Å². The van der Waals surface area contributed by atoms with Crippen LogP contribution in [0.15, 0.2) is 30.6 Å². The summed E-state index contributed by atoms with van der Waals surface area (Å²) in [5, 5.41) is 4.08. The van der Waals surface area contributed by atoms with Crippen molar-refractivity contribution in [2.75, 3.05) is 7.11 Å². The van der Waals surface area contributed by atoms with Crippen LogP contribution in [0.2, 0.25) is 0 Å². The third kappa shape index (κ3) is 2.66. The van der Waals surface area contributed by atoms with Crippen LogP contribution in [0.25, 0.3) is 11.4 Å². The summed E-state index contributed by atoms with van der Waals surface area (Å²) in [5.41, 5.74) is 0.690. The van der Waals surface area contributed by atoms with E-state index in [1.165, 1.54) is 30.3 Å². The van der Waals surface area contributed by atoms with Gasteiger partial charge in [0, 0.05) is 5.56 Å². The van der Waals surface area contributed by atoms with Gasteiger partial charge in [-0.2, -0.15) is 5.10 Å². The van der Waals surface area contributed by atoms with Gasteiger partial charge in [0.15, 0.2) is 5.82 Å². The quantitative estimate of drug-likeness (QED) is 0.751. The molecule has 0 atom stereocenters. The van der Waals surface area contributed by atoms with Gasteiger partial charge in [-0.05, 0) is 24.3 Å². The largest absolute Gasteiger partial charge is 0.468 e. The van der Waals surface area contributed by atoms with E-state index < -0.39 is 5.97 Å². The number of methoxy groups -OCH3 is 1. The van der Waals surface area contributed by atoms with Crippen LogP contribution in [0.1, 0.15) is 0 Å². The van der Waals surface area contributed by atoms with E-state index in [-0.39, 0.29) is 12.4 Å². The zero-order valence-electron chi connectivity index (χ0n) is 9.13. The van der Waals surface area contributed by atoms with Crippen molar-refractivity contribution >= 4 is 5.97 Å². The molecule has 2 rings (SSSR count). The van der Waals surface area contributed by atoms with E-state index in [2.05, 4.69) is 14.8 Å². The summed E-state index contributed by atoms with van der Waals surface area (Å²) in [5.74, 6) is -0.280. The number of rotatable bonds is 3. The van der Waals surface area contributed by atoms with Crippen LogP contribution in [-0.4, -0.2) is 27.8 Å². The van der Waals surface area contributed by atoms with Gasteiger partial charge in [-0.25, -0.2) is 14.1 Å². The minimum Gasteiger partial charge on any atom is -0.468 e. The molecular formula is C11H10FN3O2. The van der Waals surface area contributed by atoms with Crippen molar-refractivity contribution in [3.8, 4) is 11.4 Å². The van der Waals surface area contributed by atoms with Crippen molar-refractivity contribution in [3.05, 3.63) is 36.4 Å². The van der Waals surface area contributed by atoms with Gasteiger partial charge in [-0.1, -0.05) is 0 Å². The average molecular weight is 235 g/mol. The molecule has 17 heavy (non-hydrogen) atoms. The Bertz CT molecular complexity index is 522. The summed E-state index contributed by atoms with van der Waals surface area (Å²) in [7, 11) is 1.31. The molecule has 2 aromatic rings. The minimum absolute atomic E-state index is 0.00466. The first-order valence-electron chi connectivity index (χ1n) is 4.91. The highest BCUT2D eigenvalue weighted by atomic mass is 19.1. The molecule has 6 heteroatoms. The second-order valence-electron chi connectivity index (χ2n) is 3.35. The molecule has 0 aliphatic heterocycles. The predicted octanol–water partition coefficient (Wildman–Crippen LogP) is 1.26. The standard InChI is InChI=1S/C11H10FN3O2/c1-17-10(16)6-15-7-13-11(14-15)8-2-4-9(12)5-3-8/h2-5,7H,6H2,1H3. The normalized spacial score (nSPS) is 10.2. The molecule has 0 N–H and O–H groups in total. The van der Waals surface area contributed by atoms with Crippen LogP contribution >= 0.6 is 0 Å². The molecule has 1 aromatic heterocycles. The molecule has 0 radical (unpaired) electrons. The monoisotopic (exact) mass is 235 g/mol. The maximum absolute atomic E-state index is 12.7. The molecule has 0 aliphatic rings. The first-order valence-corrected chi connectivity index (χ1v) is 4.91. The Hall–Kier alpha value is -2.24. The van der Waals surface area contributed by atoms with Crippen molar-refractivity contribution in [2.24, 2.45) is 0 Å². The van der Waals surface area contributed by atoms with Gasteiger partial charge >= 0.3 is 5.97 Å². The van der Waals surface area contributed by atoms with Crippen LogP contribution in [0, 0.1) is 5.82 Å². The third-order valence-electron chi connectivity index (χ3n) is 2.16. The molecule has 0 saturated heterocycles. The smallest absolute Gasteiger partial charge is 0.327 e. The van der Waals surface area contributed by atoms with E-state index in [0.717, 1.165) is 0 Å². The molecule has 0 spiro atoms. The zero-order valence-corrected chi connectivity index (χ0v) is 9.13. The van der Waals surface area contributed by atoms with Gasteiger partial charge in [0.05, 0.1) is 7.11 Å². The third-order valence-corrected chi connectivity index (χ3v) is 2.16. The van der Waals surface area contributed by atoms with Gasteiger partial charge in [-0.3, -0.25) is 4.79 Å². The van der Waals surface area contributed by atoms with E-state index in [4.69, 9.17) is 0 Å². The highest BCUT2D eigenvalue weighted by Crippen LogP contribution is 2.14. The summed E-state index contributed by atoms with van der Waals surface area (Å²) in [6, 6.07) is 5.81. The van der Waals surface area contributed by atoms with Crippen molar-refractivity contribution in [1.82, 2.24) is 14.8 Å². The van der Waals surface area contributed by atoms with E-state index in [0.29, 0.717) is 11.4 Å². The Morgan fingerprint density at radius 2 is 2.12 bits per heavy atom. The summed E-state index contributed by atoms with van der Waals surface area (Å²) in [4.78, 5) is 15.0. The summed E-state index contributed by atoms with van der Waals surface area (Å²) >= 11 is 0. The molecule has 0 unspecified atom stereocenters. The fourth-order valence-corrected chi connectivity index (χ4v) is 1.30. The molecule has 1 heterocycles. The van der Waals surface area contributed by atoms with E-state index in [1.54, 1.807) is 12.1 Å². The Morgan fingerprint density at radius 1 is 1.41 bits per heavy atom. The van der Waals surface area contributed by atoms with Crippen molar-refractivity contribution in [2.45, 2.75) is 6.54 Å². The van der Waals surface area contributed by atoms with E-state index in [1.807, 2.05) is 0 Å². The van der Waals surface area contributed by atoms with Gasteiger partial charge in [0.1, 0.15) is 18.7 Å². The summed E-state index contributed by atoms with van der Waals surface area (Å²) in [6.45, 7) is 0.00466. The Morgan fingerprint density at radius 3 is 2.76 bits per heavy atom. The first-order chi connectivity index (χ1) is 8.19. The Kier molecular flexibility index (Phi) is 3.13. The number of nitrogens with zero attached hydrogens (tertiary/aromatic N) is 3. The highest BCUT2D eigenvalue weighted by Gasteiger charge is 2.07. The van der Waals surface area contributed by atoms with E-state index in [9.17, 15) is 9.18 Å². The molecule has 0 fully saturated rings. The number of halogens is 1. The number of esters is 1. The van der Waals surface area contributed by atoms with Crippen molar-refractivity contribution < 1.29 is 13.9 Å². The zero-order chi connectivity index (χ0) is 12.3. The number of aromatic nitrogens is 3. The second-order valence-corrected chi connectivity index (χ2v) is 3.35. The molecular weight excluding hydrogens is 225 g/mol. The second kappa shape index (κ2) is 4.73. The van der Waals surface area contributed by atoms with Crippen LogP contribution in [-0.2, 0) is 16.1 Å². The van der Waals surface area contributed by atoms with Gasteiger partial charge in [0.25, 0.3) is 0 Å². The molecule has 5 nitrogen and oxygen atoms in total. The summed E-state index contributed by atoms with van der Waals surface area (Å²) < 4.78 is 18.6. The van der Waals surface area contributed by atoms with Gasteiger partial charge in [0.2, 0.25) is 0 Å². The molecule has 88 valence electrons. The highest BCUT2D eigenvalue weighted by molar-refractivity contribution is 5.68.